The van der Waals surface area contributed by atoms with Crippen LogP contribution in [-0.2, 0) is 11.3 Å². The number of halogens is 1. The first-order chi connectivity index (χ1) is 14.0. The maximum absolute atomic E-state index is 13.3. The Morgan fingerprint density at radius 2 is 1.86 bits per heavy atom. The molecule has 0 fully saturated rings. The predicted octanol–water partition coefficient (Wildman–Crippen LogP) is 3.58. The van der Waals surface area contributed by atoms with Crippen molar-refractivity contribution in [2.75, 3.05) is 5.32 Å². The summed E-state index contributed by atoms with van der Waals surface area (Å²) in [5, 5.41) is 3.07. The maximum atomic E-state index is 13.3. The highest BCUT2D eigenvalue weighted by molar-refractivity contribution is 5.91. The van der Waals surface area contributed by atoms with Crippen LogP contribution in [0.5, 0.6) is 0 Å². The second-order valence-electron chi connectivity index (χ2n) is 6.82. The summed E-state index contributed by atoms with van der Waals surface area (Å²) in [4.78, 5) is 29.9. The number of para-hydroxylation sites is 1. The number of hydrogen-bond acceptors (Lipinski definition) is 3. The molecule has 4 rings (SSSR count). The Bertz CT molecular complexity index is 1280. The molecule has 4 aromatic rings. The number of nitrogens with zero attached hydrogens (tertiary/aromatic N) is 3. The molecular weight excluding hydrogens is 371 g/mol. The van der Waals surface area contributed by atoms with Crippen LogP contribution in [0.4, 0.5) is 10.1 Å². The second kappa shape index (κ2) is 7.35. The molecule has 0 radical (unpaired) electrons. The number of nitrogens with one attached hydrogen (secondary N) is 1. The van der Waals surface area contributed by atoms with E-state index >= 15 is 0 Å². The van der Waals surface area contributed by atoms with Crippen LogP contribution in [0.25, 0.3) is 16.7 Å². The Balaban J connectivity index is 1.71. The summed E-state index contributed by atoms with van der Waals surface area (Å²) in [6.07, 6.45) is 1.37. The molecule has 0 aliphatic carbocycles. The Morgan fingerprint density at radius 3 is 2.59 bits per heavy atom. The van der Waals surface area contributed by atoms with Crippen molar-refractivity contribution in [3.63, 3.8) is 0 Å². The molecule has 0 saturated carbocycles. The average Bonchev–Trinajstić information content (AvgIpc) is 2.96. The Kier molecular flexibility index (Phi) is 4.72. The lowest BCUT2D eigenvalue weighted by Crippen LogP contribution is -2.28. The Hall–Kier alpha value is -3.74. The topological polar surface area (TPSA) is 68.9 Å². The summed E-state index contributed by atoms with van der Waals surface area (Å²) in [7, 11) is 0. The van der Waals surface area contributed by atoms with Gasteiger partial charge in [0.2, 0.25) is 5.91 Å². The molecule has 2 heterocycles. The number of aryl methyl sites for hydroxylation is 1. The van der Waals surface area contributed by atoms with E-state index in [9.17, 15) is 14.0 Å². The molecule has 29 heavy (non-hydrogen) atoms. The number of fused-ring (bicyclic) bond motifs is 1. The summed E-state index contributed by atoms with van der Waals surface area (Å²) < 4.78 is 16.5. The smallest absolute Gasteiger partial charge is 0.263 e. The van der Waals surface area contributed by atoms with Gasteiger partial charge in [-0.25, -0.2) is 9.37 Å². The van der Waals surface area contributed by atoms with E-state index in [4.69, 9.17) is 0 Å². The van der Waals surface area contributed by atoms with Crippen LogP contribution in [0.3, 0.4) is 0 Å². The minimum absolute atomic E-state index is 0.215. The monoisotopic (exact) mass is 390 g/mol. The molecule has 0 spiro atoms. The van der Waals surface area contributed by atoms with Crippen molar-refractivity contribution in [1.82, 2.24) is 14.1 Å². The molecule has 2 aromatic heterocycles. The molecule has 7 heteroatoms. The lowest BCUT2D eigenvalue weighted by molar-refractivity contribution is -0.116. The van der Waals surface area contributed by atoms with Crippen molar-refractivity contribution in [2.24, 2.45) is 0 Å². The van der Waals surface area contributed by atoms with Gasteiger partial charge in [0.15, 0.2) is 5.65 Å². The Labute approximate surface area is 166 Å². The van der Waals surface area contributed by atoms with Crippen molar-refractivity contribution >= 4 is 22.6 Å². The lowest BCUT2D eigenvalue weighted by atomic mass is 10.2. The molecule has 0 saturated heterocycles. The number of hydrogen-bond donors (Lipinski definition) is 1. The van der Waals surface area contributed by atoms with Crippen LogP contribution in [0.2, 0.25) is 0 Å². The fraction of sp³-hybridized carbons (Fsp3) is 0.136. The summed E-state index contributed by atoms with van der Waals surface area (Å²) in [5.41, 5.74) is 3.24. The molecule has 0 atom stereocenters. The zero-order chi connectivity index (χ0) is 20.5. The van der Waals surface area contributed by atoms with E-state index in [1.807, 2.05) is 48.7 Å². The first kappa shape index (κ1) is 18.6. The minimum atomic E-state index is -0.448. The summed E-state index contributed by atoms with van der Waals surface area (Å²) in [5.74, 6) is -0.882. The molecular formula is C22H19FN4O2. The maximum Gasteiger partial charge on any atom is 0.263 e. The normalized spacial score (nSPS) is 11.0. The highest BCUT2D eigenvalue weighted by atomic mass is 19.1. The molecule has 6 nitrogen and oxygen atoms in total. The minimum Gasteiger partial charge on any atom is -0.324 e. The highest BCUT2D eigenvalue weighted by Crippen LogP contribution is 2.24. The van der Waals surface area contributed by atoms with Crippen LogP contribution in [0, 0.1) is 19.7 Å². The third-order valence-corrected chi connectivity index (χ3v) is 4.92. The van der Waals surface area contributed by atoms with Gasteiger partial charge in [0.05, 0.1) is 5.39 Å². The van der Waals surface area contributed by atoms with E-state index < -0.39 is 11.7 Å². The third-order valence-electron chi connectivity index (χ3n) is 4.92. The first-order valence-corrected chi connectivity index (χ1v) is 9.13. The number of aromatic nitrogens is 3. The molecule has 1 N–H and O–H groups in total. The van der Waals surface area contributed by atoms with Crippen molar-refractivity contribution < 1.29 is 9.18 Å². The van der Waals surface area contributed by atoms with E-state index in [0.717, 1.165) is 16.9 Å². The van der Waals surface area contributed by atoms with Gasteiger partial charge in [-0.1, -0.05) is 24.3 Å². The van der Waals surface area contributed by atoms with E-state index in [1.54, 1.807) is 6.07 Å². The van der Waals surface area contributed by atoms with Gasteiger partial charge in [0.1, 0.15) is 18.7 Å². The van der Waals surface area contributed by atoms with E-state index in [2.05, 4.69) is 10.3 Å². The zero-order valence-corrected chi connectivity index (χ0v) is 16.0. The van der Waals surface area contributed by atoms with Gasteiger partial charge < -0.3 is 5.32 Å². The van der Waals surface area contributed by atoms with Crippen LogP contribution in [0.1, 0.15) is 11.3 Å². The first-order valence-electron chi connectivity index (χ1n) is 9.13. The average molecular weight is 390 g/mol. The number of benzene rings is 2. The molecule has 0 unspecified atom stereocenters. The summed E-state index contributed by atoms with van der Waals surface area (Å²) in [6.45, 7) is 3.59. The SMILES string of the molecule is Cc1c(C)n(-c2ccccc2)c2ncn(CC(=O)Nc3cccc(F)c3)c(=O)c12. The van der Waals surface area contributed by atoms with Gasteiger partial charge in [-0.3, -0.25) is 18.7 Å². The number of anilines is 1. The van der Waals surface area contributed by atoms with Crippen molar-refractivity contribution in [3.05, 3.63) is 88.4 Å². The predicted molar refractivity (Wildman–Crippen MR) is 110 cm³/mol. The fourth-order valence-corrected chi connectivity index (χ4v) is 3.41. The van der Waals surface area contributed by atoms with E-state index in [0.29, 0.717) is 16.7 Å². The molecule has 0 aliphatic heterocycles. The van der Waals surface area contributed by atoms with Gasteiger partial charge in [-0.05, 0) is 49.7 Å². The Morgan fingerprint density at radius 1 is 1.10 bits per heavy atom. The van der Waals surface area contributed by atoms with E-state index in [-0.39, 0.29) is 12.1 Å². The lowest BCUT2D eigenvalue weighted by Gasteiger charge is -2.09. The molecule has 0 bridgehead atoms. The van der Waals surface area contributed by atoms with Gasteiger partial charge in [0, 0.05) is 17.1 Å². The van der Waals surface area contributed by atoms with Crippen molar-refractivity contribution in [3.8, 4) is 5.69 Å². The summed E-state index contributed by atoms with van der Waals surface area (Å²) >= 11 is 0. The summed E-state index contributed by atoms with van der Waals surface area (Å²) in [6, 6.07) is 15.3. The third kappa shape index (κ3) is 3.42. The molecule has 2 aromatic carbocycles. The number of amides is 1. The van der Waals surface area contributed by atoms with Gasteiger partial charge in [0.25, 0.3) is 5.56 Å². The molecule has 1 amide bonds. The highest BCUT2D eigenvalue weighted by Gasteiger charge is 2.18. The van der Waals surface area contributed by atoms with Crippen molar-refractivity contribution in [2.45, 2.75) is 20.4 Å². The van der Waals surface area contributed by atoms with Gasteiger partial charge >= 0.3 is 0 Å². The number of carbonyl (C=O) groups is 1. The largest absolute Gasteiger partial charge is 0.324 e. The molecule has 146 valence electrons. The van der Waals surface area contributed by atoms with Crippen LogP contribution in [0.15, 0.2) is 65.7 Å². The van der Waals surface area contributed by atoms with E-state index in [1.165, 1.54) is 29.1 Å². The van der Waals surface area contributed by atoms with Crippen molar-refractivity contribution in [1.29, 1.82) is 0 Å². The zero-order valence-electron chi connectivity index (χ0n) is 16.0. The van der Waals surface area contributed by atoms with Crippen LogP contribution >= 0.6 is 0 Å². The standard InChI is InChI=1S/C22H19FN4O2/c1-14-15(2)27(18-9-4-3-5-10-18)21-20(14)22(29)26(13-24-21)12-19(28)25-17-8-6-7-16(23)11-17/h3-11,13H,12H2,1-2H3,(H,25,28). The van der Waals surface area contributed by atoms with Crippen LogP contribution in [-0.4, -0.2) is 20.0 Å². The number of rotatable bonds is 4. The molecule has 0 aliphatic rings. The fourth-order valence-electron chi connectivity index (χ4n) is 3.41. The second-order valence-corrected chi connectivity index (χ2v) is 6.82. The number of carbonyl (C=O) groups excluding carboxylic acids is 1. The quantitative estimate of drug-likeness (QED) is 0.579. The van der Waals surface area contributed by atoms with Crippen LogP contribution < -0.4 is 10.9 Å². The van der Waals surface area contributed by atoms with Gasteiger partial charge in [-0.15, -0.1) is 0 Å². The van der Waals surface area contributed by atoms with Gasteiger partial charge in [-0.2, -0.15) is 0 Å².